The first-order valence-corrected chi connectivity index (χ1v) is 8.57. The van der Waals surface area contributed by atoms with Crippen LogP contribution in [0.25, 0.3) is 0 Å². The molecule has 138 valence electrons. The summed E-state index contributed by atoms with van der Waals surface area (Å²) in [4.78, 5) is 12.5. The van der Waals surface area contributed by atoms with E-state index in [1.54, 1.807) is 38.5 Å². The summed E-state index contributed by atoms with van der Waals surface area (Å²) < 4.78 is 21.7. The molecule has 3 rings (SSSR count). The van der Waals surface area contributed by atoms with E-state index < -0.39 is 0 Å². The van der Waals surface area contributed by atoms with Gasteiger partial charge < -0.3 is 24.3 Å². The molecule has 0 aliphatic carbocycles. The molecule has 0 bridgehead atoms. The quantitative estimate of drug-likeness (QED) is 0.821. The molecule has 1 aliphatic heterocycles. The van der Waals surface area contributed by atoms with Crippen LogP contribution in [-0.4, -0.2) is 39.4 Å². The number of carbonyl (C=O) groups excluding carboxylic acids is 1. The van der Waals surface area contributed by atoms with Gasteiger partial charge in [-0.25, -0.2) is 0 Å². The van der Waals surface area contributed by atoms with Crippen molar-refractivity contribution in [2.24, 2.45) is 0 Å². The van der Waals surface area contributed by atoms with E-state index in [9.17, 15) is 4.79 Å². The highest BCUT2D eigenvalue weighted by Crippen LogP contribution is 2.24. The van der Waals surface area contributed by atoms with Gasteiger partial charge in [-0.3, -0.25) is 4.79 Å². The highest BCUT2D eigenvalue weighted by Gasteiger charge is 2.16. The lowest BCUT2D eigenvalue weighted by Gasteiger charge is -2.13. The zero-order chi connectivity index (χ0) is 18.4. The third kappa shape index (κ3) is 4.67. The Balaban J connectivity index is 1.66. The van der Waals surface area contributed by atoms with Gasteiger partial charge in [0, 0.05) is 30.0 Å². The summed E-state index contributed by atoms with van der Waals surface area (Å²) in [6.45, 7) is 1.32. The van der Waals surface area contributed by atoms with E-state index in [0.717, 1.165) is 19.4 Å². The Morgan fingerprint density at radius 2 is 1.88 bits per heavy atom. The van der Waals surface area contributed by atoms with Crippen molar-refractivity contribution in [3.63, 3.8) is 0 Å². The molecule has 1 atom stereocenters. The average molecular weight is 357 g/mol. The first kappa shape index (κ1) is 18.1. The number of nitrogens with one attached hydrogen (secondary N) is 1. The minimum absolute atomic E-state index is 0.150. The number of amides is 1. The molecule has 1 amide bonds. The molecular weight excluding hydrogens is 334 g/mol. The molecule has 1 N–H and O–H groups in total. The molecule has 26 heavy (non-hydrogen) atoms. The van der Waals surface area contributed by atoms with Crippen LogP contribution in [0.1, 0.15) is 23.2 Å². The highest BCUT2D eigenvalue weighted by atomic mass is 16.5. The minimum Gasteiger partial charge on any atom is -0.497 e. The molecule has 0 radical (unpaired) electrons. The van der Waals surface area contributed by atoms with Crippen molar-refractivity contribution in [2.45, 2.75) is 18.9 Å². The summed E-state index contributed by atoms with van der Waals surface area (Å²) in [6.07, 6.45) is 2.25. The maximum absolute atomic E-state index is 12.5. The van der Waals surface area contributed by atoms with Gasteiger partial charge in [-0.2, -0.15) is 0 Å². The minimum atomic E-state index is -0.251. The average Bonchev–Trinajstić information content (AvgIpc) is 3.20. The fourth-order valence-corrected chi connectivity index (χ4v) is 2.77. The number of ether oxygens (including phenoxy) is 4. The summed E-state index contributed by atoms with van der Waals surface area (Å²) >= 11 is 0. The fraction of sp³-hybridized carbons (Fsp3) is 0.350. The van der Waals surface area contributed by atoms with E-state index in [1.807, 2.05) is 18.2 Å². The topological polar surface area (TPSA) is 66.0 Å². The molecule has 1 saturated heterocycles. The summed E-state index contributed by atoms with van der Waals surface area (Å²) in [5, 5.41) is 2.87. The lowest BCUT2D eigenvalue weighted by atomic mass is 10.1. The van der Waals surface area contributed by atoms with Gasteiger partial charge in [0.25, 0.3) is 5.91 Å². The Kier molecular flexibility index (Phi) is 5.96. The summed E-state index contributed by atoms with van der Waals surface area (Å²) in [5.41, 5.74) is 1.11. The third-order valence-corrected chi connectivity index (χ3v) is 4.17. The van der Waals surface area contributed by atoms with Gasteiger partial charge in [0.05, 0.1) is 20.3 Å². The molecule has 2 aromatic carbocycles. The lowest BCUT2D eigenvalue weighted by Crippen LogP contribution is -2.16. The molecular formula is C20H23NO5. The smallest absolute Gasteiger partial charge is 0.255 e. The molecule has 6 heteroatoms. The zero-order valence-electron chi connectivity index (χ0n) is 15.0. The van der Waals surface area contributed by atoms with Crippen LogP contribution in [0, 0.1) is 0 Å². The van der Waals surface area contributed by atoms with Crippen molar-refractivity contribution in [3.05, 3.63) is 48.0 Å². The Hall–Kier alpha value is -2.73. The van der Waals surface area contributed by atoms with Gasteiger partial charge in [-0.15, -0.1) is 0 Å². The van der Waals surface area contributed by atoms with E-state index >= 15 is 0 Å². The lowest BCUT2D eigenvalue weighted by molar-refractivity contribution is 0.0680. The molecule has 1 heterocycles. The maximum Gasteiger partial charge on any atom is 0.255 e. The van der Waals surface area contributed by atoms with Crippen molar-refractivity contribution < 1.29 is 23.7 Å². The molecule has 6 nitrogen and oxygen atoms in total. The predicted octanol–water partition coefficient (Wildman–Crippen LogP) is 3.51. The summed E-state index contributed by atoms with van der Waals surface area (Å²) in [5.74, 6) is 1.56. The number of anilines is 1. The largest absolute Gasteiger partial charge is 0.497 e. The van der Waals surface area contributed by atoms with E-state index in [-0.39, 0.29) is 12.0 Å². The second kappa shape index (κ2) is 8.58. The standard InChI is InChI=1S/C20H23NO5/c1-23-18-9-14(10-19(12-18)24-2)20(22)21-15-5-3-6-16(11-15)26-13-17-7-4-8-25-17/h3,5-6,9-12,17H,4,7-8,13H2,1-2H3,(H,21,22). The molecule has 0 saturated carbocycles. The molecule has 1 fully saturated rings. The molecule has 1 aliphatic rings. The van der Waals surface area contributed by atoms with E-state index in [4.69, 9.17) is 18.9 Å². The number of benzene rings is 2. The summed E-state index contributed by atoms with van der Waals surface area (Å²) in [6, 6.07) is 12.4. The van der Waals surface area contributed by atoms with Crippen molar-refractivity contribution in [1.29, 1.82) is 0 Å². The fourth-order valence-electron chi connectivity index (χ4n) is 2.77. The molecule has 2 aromatic rings. The number of hydrogen-bond donors (Lipinski definition) is 1. The first-order chi connectivity index (χ1) is 12.7. The molecule has 0 aromatic heterocycles. The van der Waals surface area contributed by atoms with Crippen molar-refractivity contribution in [3.8, 4) is 17.2 Å². The number of rotatable bonds is 7. The molecule has 0 spiro atoms. The Bertz CT molecular complexity index is 733. The van der Waals surface area contributed by atoms with Crippen LogP contribution in [0.15, 0.2) is 42.5 Å². The Morgan fingerprint density at radius 3 is 2.54 bits per heavy atom. The number of carbonyl (C=O) groups is 1. The van der Waals surface area contributed by atoms with Gasteiger partial charge in [0.1, 0.15) is 23.9 Å². The van der Waals surface area contributed by atoms with Gasteiger partial charge in [-0.05, 0) is 37.1 Å². The monoisotopic (exact) mass is 357 g/mol. The number of methoxy groups -OCH3 is 2. The molecule has 1 unspecified atom stereocenters. The van der Waals surface area contributed by atoms with Crippen LogP contribution in [0.2, 0.25) is 0 Å². The summed E-state index contributed by atoms with van der Waals surface area (Å²) in [7, 11) is 3.09. The second-order valence-corrected chi connectivity index (χ2v) is 6.03. The van der Waals surface area contributed by atoms with Crippen LogP contribution in [0.3, 0.4) is 0 Å². The first-order valence-electron chi connectivity index (χ1n) is 8.57. The third-order valence-electron chi connectivity index (χ3n) is 4.17. The zero-order valence-corrected chi connectivity index (χ0v) is 15.0. The van der Waals surface area contributed by atoms with Crippen molar-refractivity contribution in [2.75, 3.05) is 32.8 Å². The van der Waals surface area contributed by atoms with E-state index in [1.165, 1.54) is 0 Å². The van der Waals surface area contributed by atoms with Gasteiger partial charge in [0.15, 0.2) is 0 Å². The van der Waals surface area contributed by atoms with E-state index in [0.29, 0.717) is 35.1 Å². The van der Waals surface area contributed by atoms with Crippen LogP contribution >= 0.6 is 0 Å². The van der Waals surface area contributed by atoms with E-state index in [2.05, 4.69) is 5.32 Å². The Labute approximate surface area is 153 Å². The van der Waals surface area contributed by atoms with Gasteiger partial charge >= 0.3 is 0 Å². The Morgan fingerprint density at radius 1 is 1.12 bits per heavy atom. The van der Waals surface area contributed by atoms with Crippen LogP contribution in [-0.2, 0) is 4.74 Å². The second-order valence-electron chi connectivity index (χ2n) is 6.03. The van der Waals surface area contributed by atoms with Gasteiger partial charge in [0.2, 0.25) is 0 Å². The van der Waals surface area contributed by atoms with Gasteiger partial charge in [-0.1, -0.05) is 6.07 Å². The number of hydrogen-bond acceptors (Lipinski definition) is 5. The van der Waals surface area contributed by atoms with Crippen molar-refractivity contribution >= 4 is 11.6 Å². The SMILES string of the molecule is COc1cc(OC)cc(C(=O)Nc2cccc(OCC3CCCO3)c2)c1. The highest BCUT2D eigenvalue weighted by molar-refractivity contribution is 6.04. The van der Waals surface area contributed by atoms with Crippen LogP contribution in [0.4, 0.5) is 5.69 Å². The van der Waals surface area contributed by atoms with Crippen LogP contribution < -0.4 is 19.5 Å². The van der Waals surface area contributed by atoms with Crippen LogP contribution in [0.5, 0.6) is 17.2 Å². The normalized spacial score (nSPS) is 16.2. The van der Waals surface area contributed by atoms with Crippen molar-refractivity contribution in [1.82, 2.24) is 0 Å². The predicted molar refractivity (Wildman–Crippen MR) is 98.4 cm³/mol. The maximum atomic E-state index is 12.5.